The zero-order valence-electron chi connectivity index (χ0n) is 17.4. The van der Waals surface area contributed by atoms with Crippen LogP contribution in [-0.2, 0) is 13.5 Å². The lowest BCUT2D eigenvalue weighted by atomic mass is 9.99. The first-order chi connectivity index (χ1) is 13.8. The Morgan fingerprint density at radius 2 is 1.90 bits per heavy atom. The van der Waals surface area contributed by atoms with Gasteiger partial charge in [-0.2, -0.15) is 5.10 Å². The lowest BCUT2D eigenvalue weighted by molar-refractivity contribution is 0.0988. The summed E-state index contributed by atoms with van der Waals surface area (Å²) in [6.07, 6.45) is 1.93. The number of aryl methyl sites for hydroxylation is 5. The minimum absolute atomic E-state index is 0.0451. The molecule has 29 heavy (non-hydrogen) atoms. The van der Waals surface area contributed by atoms with Gasteiger partial charge in [0.1, 0.15) is 9.88 Å². The van der Waals surface area contributed by atoms with E-state index in [1.165, 1.54) is 27.1 Å². The van der Waals surface area contributed by atoms with Gasteiger partial charge in [-0.3, -0.25) is 9.59 Å². The van der Waals surface area contributed by atoms with Gasteiger partial charge in [0.15, 0.2) is 0 Å². The van der Waals surface area contributed by atoms with Gasteiger partial charge < -0.3 is 4.90 Å². The molecule has 0 aliphatic carbocycles. The number of benzene rings is 1. The quantitative estimate of drug-likeness (QED) is 0.648. The standard InChI is InChI=1S/C22H24N4O2S/c1-12-8-9-17-16(11-12)7-6-10-26(17)22(28)19-15(4)23-20(29-19)18-13(2)14(3)24-25(5)21(18)27/h8-9,11H,6-7,10H2,1-5H3. The molecular weight excluding hydrogens is 384 g/mol. The van der Waals surface area contributed by atoms with Gasteiger partial charge >= 0.3 is 0 Å². The van der Waals surface area contributed by atoms with Gasteiger partial charge in [0, 0.05) is 19.3 Å². The van der Waals surface area contributed by atoms with Crippen molar-refractivity contribution in [2.24, 2.45) is 7.05 Å². The SMILES string of the molecule is Cc1ccc2c(c1)CCCN2C(=O)c1sc(-c2c(C)c(C)nn(C)c2=O)nc1C. The van der Waals surface area contributed by atoms with Crippen LogP contribution < -0.4 is 10.5 Å². The molecule has 0 spiro atoms. The van der Waals surface area contributed by atoms with Crippen molar-refractivity contribution in [1.29, 1.82) is 0 Å². The molecule has 4 rings (SSSR count). The Bertz CT molecular complexity index is 1190. The van der Waals surface area contributed by atoms with Gasteiger partial charge in [-0.1, -0.05) is 17.7 Å². The van der Waals surface area contributed by atoms with Gasteiger partial charge in [0.2, 0.25) is 0 Å². The smallest absolute Gasteiger partial charge is 0.277 e. The van der Waals surface area contributed by atoms with E-state index in [1.54, 1.807) is 7.05 Å². The van der Waals surface area contributed by atoms with Crippen LogP contribution >= 0.6 is 11.3 Å². The van der Waals surface area contributed by atoms with E-state index in [4.69, 9.17) is 0 Å². The number of thiazole rings is 1. The lowest BCUT2D eigenvalue weighted by Gasteiger charge is -2.29. The van der Waals surface area contributed by atoms with Gasteiger partial charge in [0.25, 0.3) is 11.5 Å². The predicted molar refractivity (Wildman–Crippen MR) is 116 cm³/mol. The molecule has 0 fully saturated rings. The highest BCUT2D eigenvalue weighted by atomic mass is 32.1. The van der Waals surface area contributed by atoms with E-state index in [0.29, 0.717) is 27.7 Å². The number of hydrogen-bond acceptors (Lipinski definition) is 5. The first-order valence-corrected chi connectivity index (χ1v) is 10.5. The topological polar surface area (TPSA) is 68.1 Å². The van der Waals surface area contributed by atoms with Crippen LogP contribution in [0.1, 0.15) is 44.2 Å². The van der Waals surface area contributed by atoms with E-state index in [-0.39, 0.29) is 11.5 Å². The van der Waals surface area contributed by atoms with E-state index in [1.807, 2.05) is 37.8 Å². The Morgan fingerprint density at radius 3 is 2.66 bits per heavy atom. The average Bonchev–Trinajstić information content (AvgIpc) is 3.06. The molecule has 1 aromatic carbocycles. The van der Waals surface area contributed by atoms with E-state index >= 15 is 0 Å². The second-order valence-electron chi connectivity index (χ2n) is 7.64. The van der Waals surface area contributed by atoms with Gasteiger partial charge in [0.05, 0.1) is 17.0 Å². The summed E-state index contributed by atoms with van der Waals surface area (Å²) < 4.78 is 1.33. The normalized spacial score (nSPS) is 13.5. The van der Waals surface area contributed by atoms with E-state index in [9.17, 15) is 9.59 Å². The number of nitrogens with zero attached hydrogens (tertiary/aromatic N) is 4. The minimum atomic E-state index is -0.195. The summed E-state index contributed by atoms with van der Waals surface area (Å²) in [4.78, 5) is 33.2. The Kier molecular flexibility index (Phi) is 4.86. The van der Waals surface area contributed by atoms with E-state index < -0.39 is 0 Å². The Hall–Kier alpha value is -2.80. The summed E-state index contributed by atoms with van der Waals surface area (Å²) in [6, 6.07) is 6.24. The molecule has 0 N–H and O–H groups in total. The van der Waals surface area contributed by atoms with Crippen LogP contribution in [0.5, 0.6) is 0 Å². The molecule has 6 nitrogen and oxygen atoms in total. The summed E-state index contributed by atoms with van der Waals surface area (Å²) in [7, 11) is 1.64. The number of aromatic nitrogens is 3. The fourth-order valence-corrected chi connectivity index (χ4v) is 4.97. The minimum Gasteiger partial charge on any atom is -0.307 e. The third-order valence-corrected chi connectivity index (χ3v) is 6.69. The number of hydrogen-bond donors (Lipinski definition) is 0. The highest BCUT2D eigenvalue weighted by Gasteiger charge is 2.28. The molecule has 150 valence electrons. The molecule has 3 aromatic rings. The molecule has 7 heteroatoms. The largest absolute Gasteiger partial charge is 0.307 e. The lowest BCUT2D eigenvalue weighted by Crippen LogP contribution is -2.35. The highest BCUT2D eigenvalue weighted by Crippen LogP contribution is 2.33. The van der Waals surface area contributed by atoms with Crippen LogP contribution in [0.25, 0.3) is 10.6 Å². The van der Waals surface area contributed by atoms with Crippen LogP contribution in [0.2, 0.25) is 0 Å². The fraction of sp³-hybridized carbons (Fsp3) is 0.364. The third kappa shape index (κ3) is 3.29. The molecule has 0 saturated carbocycles. The number of anilines is 1. The van der Waals surface area contributed by atoms with Crippen LogP contribution in [-0.4, -0.2) is 27.2 Å². The van der Waals surface area contributed by atoms with Gasteiger partial charge in [-0.25, -0.2) is 9.67 Å². The summed E-state index contributed by atoms with van der Waals surface area (Å²) in [6.45, 7) is 8.34. The van der Waals surface area contributed by atoms with Crippen molar-refractivity contribution < 1.29 is 4.79 Å². The van der Waals surface area contributed by atoms with Crippen LogP contribution in [0.15, 0.2) is 23.0 Å². The molecule has 0 bridgehead atoms. The third-order valence-electron chi connectivity index (χ3n) is 5.53. The summed E-state index contributed by atoms with van der Waals surface area (Å²) >= 11 is 1.29. The highest BCUT2D eigenvalue weighted by molar-refractivity contribution is 7.17. The average molecular weight is 409 g/mol. The van der Waals surface area contributed by atoms with Crippen molar-refractivity contribution >= 4 is 22.9 Å². The number of rotatable bonds is 2. The second-order valence-corrected chi connectivity index (χ2v) is 8.64. The Labute approximate surface area is 173 Å². The molecule has 1 aliphatic rings. The number of amides is 1. The van der Waals surface area contributed by atoms with E-state index in [0.717, 1.165) is 29.8 Å². The molecule has 0 atom stereocenters. The first-order valence-electron chi connectivity index (χ1n) is 9.71. The summed E-state index contributed by atoms with van der Waals surface area (Å²) in [5.41, 5.74) is 5.97. The maximum absolute atomic E-state index is 13.4. The second kappa shape index (κ2) is 7.22. The number of fused-ring (bicyclic) bond motifs is 1. The molecule has 0 saturated heterocycles. The Balaban J connectivity index is 1.78. The van der Waals surface area contributed by atoms with Crippen LogP contribution in [0, 0.1) is 27.7 Å². The first kappa shape index (κ1) is 19.5. The maximum atomic E-state index is 13.4. The number of carbonyl (C=O) groups is 1. The zero-order chi connectivity index (χ0) is 20.9. The maximum Gasteiger partial charge on any atom is 0.277 e. The van der Waals surface area contributed by atoms with Crippen molar-refractivity contribution in [1.82, 2.24) is 14.8 Å². The monoisotopic (exact) mass is 408 g/mol. The molecule has 0 radical (unpaired) electrons. The van der Waals surface area contributed by atoms with Crippen molar-refractivity contribution in [3.8, 4) is 10.6 Å². The van der Waals surface area contributed by atoms with Crippen molar-refractivity contribution in [2.75, 3.05) is 11.4 Å². The van der Waals surface area contributed by atoms with Crippen LogP contribution in [0.3, 0.4) is 0 Å². The molecule has 1 aliphatic heterocycles. The predicted octanol–water partition coefficient (Wildman–Crippen LogP) is 3.73. The van der Waals surface area contributed by atoms with Crippen molar-refractivity contribution in [2.45, 2.75) is 40.5 Å². The molecule has 1 amide bonds. The fourth-order valence-electron chi connectivity index (χ4n) is 3.86. The zero-order valence-corrected chi connectivity index (χ0v) is 18.2. The van der Waals surface area contributed by atoms with Crippen molar-refractivity contribution in [3.05, 3.63) is 61.5 Å². The van der Waals surface area contributed by atoms with Gasteiger partial charge in [-0.05, 0) is 57.7 Å². The molecular formula is C22H24N4O2S. The summed E-state index contributed by atoms with van der Waals surface area (Å²) in [5.74, 6) is -0.0451. The molecule has 2 aromatic heterocycles. The molecule has 3 heterocycles. The summed E-state index contributed by atoms with van der Waals surface area (Å²) in [5, 5.41) is 4.81. The van der Waals surface area contributed by atoms with Crippen LogP contribution in [0.4, 0.5) is 5.69 Å². The van der Waals surface area contributed by atoms with E-state index in [2.05, 4.69) is 23.1 Å². The molecule has 0 unspecified atom stereocenters. The number of carbonyl (C=O) groups excluding carboxylic acids is 1. The Morgan fingerprint density at radius 1 is 1.14 bits per heavy atom. The van der Waals surface area contributed by atoms with Gasteiger partial charge in [-0.15, -0.1) is 11.3 Å². The van der Waals surface area contributed by atoms with Crippen molar-refractivity contribution in [3.63, 3.8) is 0 Å².